The molecule has 3 aromatic heterocycles. The first-order chi connectivity index (χ1) is 12.1. The van der Waals surface area contributed by atoms with Crippen LogP contribution in [0.4, 0.5) is 16.0 Å². The molecule has 126 valence electrons. The minimum Gasteiger partial charge on any atom is -0.335 e. The third-order valence-electron chi connectivity index (χ3n) is 3.65. The topological polar surface area (TPSA) is 88.5 Å². The van der Waals surface area contributed by atoms with Gasteiger partial charge in [-0.25, -0.2) is 18.6 Å². The number of aromatic nitrogens is 5. The van der Waals surface area contributed by atoms with Crippen LogP contribution in [0.5, 0.6) is 0 Å². The van der Waals surface area contributed by atoms with Gasteiger partial charge >= 0.3 is 0 Å². The van der Waals surface area contributed by atoms with Gasteiger partial charge in [0.05, 0.1) is 11.6 Å². The van der Waals surface area contributed by atoms with Crippen molar-refractivity contribution in [2.24, 2.45) is 7.05 Å². The summed E-state index contributed by atoms with van der Waals surface area (Å²) in [4.78, 5) is 9.26. The van der Waals surface area contributed by atoms with Crippen molar-refractivity contribution in [2.75, 3.05) is 5.32 Å². The smallest absolute Gasteiger partial charge is 0.227 e. The summed E-state index contributed by atoms with van der Waals surface area (Å²) in [6, 6.07) is 9.08. The van der Waals surface area contributed by atoms with E-state index in [0.29, 0.717) is 22.2 Å². The number of rotatable bonds is 4. The largest absolute Gasteiger partial charge is 0.335 e. The van der Waals surface area contributed by atoms with E-state index in [9.17, 15) is 8.60 Å². The van der Waals surface area contributed by atoms with E-state index in [1.807, 2.05) is 23.9 Å². The second-order valence-electron chi connectivity index (χ2n) is 5.34. The van der Waals surface area contributed by atoms with Crippen LogP contribution in [-0.2, 0) is 17.8 Å². The summed E-state index contributed by atoms with van der Waals surface area (Å²) in [7, 11) is 0.217. The summed E-state index contributed by atoms with van der Waals surface area (Å²) in [5, 5.41) is 10.7. The van der Waals surface area contributed by atoms with Crippen molar-refractivity contribution in [2.45, 2.75) is 10.1 Å². The second-order valence-corrected chi connectivity index (χ2v) is 6.71. The van der Waals surface area contributed by atoms with Crippen molar-refractivity contribution in [1.29, 1.82) is 0 Å². The fraction of sp³-hybridized carbons (Fsp3) is 0.0625. The molecule has 1 aromatic carbocycles. The van der Waals surface area contributed by atoms with E-state index in [-0.39, 0.29) is 11.0 Å². The number of halogens is 1. The van der Waals surface area contributed by atoms with Gasteiger partial charge in [-0.15, -0.1) is 0 Å². The van der Waals surface area contributed by atoms with Gasteiger partial charge in [-0.3, -0.25) is 5.10 Å². The van der Waals surface area contributed by atoms with E-state index < -0.39 is 10.8 Å². The van der Waals surface area contributed by atoms with Crippen molar-refractivity contribution in [3.8, 4) is 0 Å². The predicted octanol–water partition coefficient (Wildman–Crippen LogP) is 2.74. The highest BCUT2D eigenvalue weighted by atomic mass is 32.2. The molecule has 0 aliphatic carbocycles. The molecular weight excluding hydrogens is 343 g/mol. The second kappa shape index (κ2) is 6.10. The summed E-state index contributed by atoms with van der Waals surface area (Å²) in [6.07, 6.45) is 3.46. The van der Waals surface area contributed by atoms with Gasteiger partial charge in [0.1, 0.15) is 33.9 Å². The maximum atomic E-state index is 13.1. The maximum Gasteiger partial charge on any atom is 0.227 e. The average Bonchev–Trinajstić information content (AvgIpc) is 3.25. The quantitative estimate of drug-likeness (QED) is 0.549. The van der Waals surface area contributed by atoms with Crippen LogP contribution in [0.15, 0.2) is 58.8 Å². The van der Waals surface area contributed by atoms with Crippen LogP contribution in [-0.4, -0.2) is 28.9 Å². The number of nitrogens with zero attached hydrogens (tertiary/aromatic N) is 4. The molecule has 1 atom stereocenters. The molecule has 0 aliphatic rings. The Hall–Kier alpha value is -3.07. The highest BCUT2D eigenvalue weighted by molar-refractivity contribution is 7.85. The number of nitrogens with one attached hydrogen (secondary N) is 2. The van der Waals surface area contributed by atoms with E-state index >= 15 is 0 Å². The van der Waals surface area contributed by atoms with Crippen LogP contribution in [0.1, 0.15) is 0 Å². The van der Waals surface area contributed by atoms with Gasteiger partial charge in [-0.1, -0.05) is 0 Å². The van der Waals surface area contributed by atoms with Crippen LogP contribution in [0.2, 0.25) is 0 Å². The minimum atomic E-state index is -1.63. The van der Waals surface area contributed by atoms with Crippen molar-refractivity contribution in [3.63, 3.8) is 0 Å². The number of hydrogen-bond acceptors (Lipinski definition) is 5. The Bertz CT molecular complexity index is 1060. The molecule has 0 aliphatic heterocycles. The van der Waals surface area contributed by atoms with Gasteiger partial charge in [0.2, 0.25) is 5.16 Å². The van der Waals surface area contributed by atoms with Gasteiger partial charge in [0.15, 0.2) is 0 Å². The number of benzene rings is 1. The summed E-state index contributed by atoms with van der Waals surface area (Å²) in [5.74, 6) is 0.781. The number of fused-ring (bicyclic) bond motifs is 1. The Morgan fingerprint density at radius 3 is 2.68 bits per heavy atom. The molecule has 0 radical (unpaired) electrons. The Morgan fingerprint density at radius 1 is 1.16 bits per heavy atom. The molecular formula is C16H13FN6OS. The van der Waals surface area contributed by atoms with Crippen LogP contribution < -0.4 is 5.32 Å². The van der Waals surface area contributed by atoms with Crippen LogP contribution >= 0.6 is 0 Å². The molecule has 0 fully saturated rings. The molecule has 0 saturated carbocycles. The normalized spacial score (nSPS) is 12.4. The number of H-pyrrole nitrogens is 1. The Balaban J connectivity index is 1.82. The number of hydrogen-bond donors (Lipinski definition) is 2. The number of anilines is 2. The molecule has 1 unspecified atom stereocenters. The van der Waals surface area contributed by atoms with E-state index in [2.05, 4.69) is 25.5 Å². The van der Waals surface area contributed by atoms with Crippen molar-refractivity contribution >= 4 is 33.5 Å². The van der Waals surface area contributed by atoms with E-state index in [4.69, 9.17) is 0 Å². The summed E-state index contributed by atoms with van der Waals surface area (Å²) >= 11 is 0. The average molecular weight is 356 g/mol. The lowest BCUT2D eigenvalue weighted by molar-refractivity contribution is 0.626. The van der Waals surface area contributed by atoms with Gasteiger partial charge in [-0.05, 0) is 30.3 Å². The van der Waals surface area contributed by atoms with Crippen molar-refractivity contribution in [3.05, 3.63) is 54.6 Å². The fourth-order valence-electron chi connectivity index (χ4n) is 2.41. The van der Waals surface area contributed by atoms with Gasteiger partial charge in [0, 0.05) is 24.2 Å². The molecule has 7 nitrogen and oxygen atoms in total. The molecule has 9 heteroatoms. The highest BCUT2D eigenvalue weighted by Gasteiger charge is 2.17. The number of aryl methyl sites for hydroxylation is 1. The molecule has 3 heterocycles. The van der Waals surface area contributed by atoms with Gasteiger partial charge in [0.25, 0.3) is 0 Å². The zero-order valence-corrected chi connectivity index (χ0v) is 13.9. The Kier molecular flexibility index (Phi) is 3.77. The summed E-state index contributed by atoms with van der Waals surface area (Å²) in [5.41, 5.74) is 0.641. The van der Waals surface area contributed by atoms with Crippen LogP contribution in [0.3, 0.4) is 0 Å². The lowest BCUT2D eigenvalue weighted by atomic mass is 10.3. The Morgan fingerprint density at radius 2 is 1.96 bits per heavy atom. The summed E-state index contributed by atoms with van der Waals surface area (Å²) in [6.45, 7) is 0. The fourth-order valence-corrected chi connectivity index (χ4v) is 3.35. The molecule has 0 amide bonds. The molecule has 0 saturated heterocycles. The first-order valence-corrected chi connectivity index (χ1v) is 8.53. The van der Waals surface area contributed by atoms with Crippen LogP contribution in [0.25, 0.3) is 11.0 Å². The number of aromatic amines is 1. The maximum absolute atomic E-state index is 13.1. The standard InChI is InChI=1S/C16H13FN6OS/c1-23-9-7-12-14(19-13-6-8-18-22-13)20-16(21-15(12)23)25(24)11-4-2-10(17)3-5-11/h2-9H,1H3,(H2,18,19,20,21,22). The third-order valence-corrected chi connectivity index (χ3v) is 4.87. The third kappa shape index (κ3) is 2.89. The van der Waals surface area contributed by atoms with Gasteiger partial charge in [-0.2, -0.15) is 5.10 Å². The first kappa shape index (κ1) is 15.5. The lowest BCUT2D eigenvalue weighted by Gasteiger charge is -2.08. The monoisotopic (exact) mass is 356 g/mol. The Labute approximate surface area is 144 Å². The van der Waals surface area contributed by atoms with Crippen molar-refractivity contribution in [1.82, 2.24) is 24.7 Å². The zero-order chi connectivity index (χ0) is 17.4. The SMILES string of the molecule is Cn1ccc2c(Nc3ccn[nH]3)nc(S(=O)c3ccc(F)cc3)nc21. The molecule has 0 bridgehead atoms. The van der Waals surface area contributed by atoms with Crippen molar-refractivity contribution < 1.29 is 8.60 Å². The molecule has 0 spiro atoms. The minimum absolute atomic E-state index is 0.142. The van der Waals surface area contributed by atoms with Gasteiger partial charge < -0.3 is 9.88 Å². The summed E-state index contributed by atoms with van der Waals surface area (Å²) < 4.78 is 27.7. The molecule has 4 rings (SSSR count). The van der Waals surface area contributed by atoms with E-state index in [0.717, 1.165) is 5.39 Å². The van der Waals surface area contributed by atoms with E-state index in [1.54, 1.807) is 12.3 Å². The lowest BCUT2D eigenvalue weighted by Crippen LogP contribution is -2.05. The first-order valence-electron chi connectivity index (χ1n) is 7.38. The van der Waals surface area contributed by atoms with Crippen LogP contribution in [0, 0.1) is 5.82 Å². The zero-order valence-electron chi connectivity index (χ0n) is 13.1. The molecule has 25 heavy (non-hydrogen) atoms. The van der Waals surface area contributed by atoms with E-state index in [1.165, 1.54) is 24.3 Å². The highest BCUT2D eigenvalue weighted by Crippen LogP contribution is 2.26. The molecule has 4 aromatic rings. The predicted molar refractivity (Wildman–Crippen MR) is 91.5 cm³/mol. The molecule has 2 N–H and O–H groups in total.